The van der Waals surface area contributed by atoms with Crippen LogP contribution in [-0.4, -0.2) is 54.1 Å². The van der Waals surface area contributed by atoms with Crippen LogP contribution in [0, 0.1) is 0 Å². The van der Waals surface area contributed by atoms with Crippen LogP contribution in [0.1, 0.15) is 23.8 Å². The van der Waals surface area contributed by atoms with Gasteiger partial charge in [-0.15, -0.1) is 10.2 Å². The van der Waals surface area contributed by atoms with Gasteiger partial charge in [0.25, 0.3) is 5.91 Å². The van der Waals surface area contributed by atoms with Gasteiger partial charge in [-0.25, -0.2) is 0 Å². The average Bonchev–Trinajstić information content (AvgIpc) is 2.59. The predicted molar refractivity (Wildman–Crippen MR) is 102 cm³/mol. The highest BCUT2D eigenvalue weighted by molar-refractivity contribution is 6.03. The fourth-order valence-electron chi connectivity index (χ4n) is 2.23. The first-order chi connectivity index (χ1) is 12.4. The van der Waals surface area contributed by atoms with Crippen LogP contribution >= 0.6 is 0 Å². The standard InChI is InChI=1S/C18H24N6O2/c1-13(25)20-14-6-4-7-15(12-14)21-18(26)16-8-9-17(23-22-16)19-10-5-11-24(2)3/h4,6-9,12H,5,10-11H2,1-3H3,(H,19,23)(H,20,25)(H,21,26). The Hall–Kier alpha value is -3.00. The zero-order valence-electron chi connectivity index (χ0n) is 15.2. The van der Waals surface area contributed by atoms with E-state index in [1.54, 1.807) is 36.4 Å². The Morgan fingerprint density at radius 3 is 2.38 bits per heavy atom. The van der Waals surface area contributed by atoms with E-state index in [-0.39, 0.29) is 17.5 Å². The Bertz CT molecular complexity index is 746. The van der Waals surface area contributed by atoms with E-state index in [4.69, 9.17) is 0 Å². The summed E-state index contributed by atoms with van der Waals surface area (Å²) in [5.74, 6) is 0.0950. The van der Waals surface area contributed by atoms with Crippen molar-refractivity contribution in [2.45, 2.75) is 13.3 Å². The van der Waals surface area contributed by atoms with Crippen molar-refractivity contribution in [2.75, 3.05) is 43.1 Å². The number of amides is 2. The molecule has 26 heavy (non-hydrogen) atoms. The summed E-state index contributed by atoms with van der Waals surface area (Å²) in [7, 11) is 4.05. The van der Waals surface area contributed by atoms with Crippen LogP contribution in [0.3, 0.4) is 0 Å². The van der Waals surface area contributed by atoms with E-state index in [0.717, 1.165) is 19.5 Å². The van der Waals surface area contributed by atoms with Gasteiger partial charge >= 0.3 is 0 Å². The van der Waals surface area contributed by atoms with Crippen LogP contribution in [0.4, 0.5) is 17.2 Å². The van der Waals surface area contributed by atoms with Crippen molar-refractivity contribution in [1.82, 2.24) is 15.1 Å². The molecule has 0 fully saturated rings. The van der Waals surface area contributed by atoms with Crippen LogP contribution in [0.5, 0.6) is 0 Å². The number of carbonyl (C=O) groups excluding carboxylic acids is 2. The maximum Gasteiger partial charge on any atom is 0.276 e. The number of benzene rings is 1. The smallest absolute Gasteiger partial charge is 0.276 e. The van der Waals surface area contributed by atoms with Gasteiger partial charge in [-0.2, -0.15) is 0 Å². The molecule has 2 aromatic rings. The Morgan fingerprint density at radius 1 is 1.04 bits per heavy atom. The Morgan fingerprint density at radius 2 is 1.77 bits per heavy atom. The number of rotatable bonds is 8. The summed E-state index contributed by atoms with van der Waals surface area (Å²) in [6.07, 6.45) is 0.988. The van der Waals surface area contributed by atoms with E-state index < -0.39 is 0 Å². The molecular formula is C18H24N6O2. The summed E-state index contributed by atoms with van der Waals surface area (Å²) < 4.78 is 0. The van der Waals surface area contributed by atoms with Gasteiger partial charge < -0.3 is 20.9 Å². The van der Waals surface area contributed by atoms with E-state index in [1.807, 2.05) is 14.1 Å². The highest BCUT2D eigenvalue weighted by Crippen LogP contribution is 2.16. The molecule has 0 unspecified atom stereocenters. The van der Waals surface area contributed by atoms with Gasteiger partial charge in [0.1, 0.15) is 5.82 Å². The lowest BCUT2D eigenvalue weighted by atomic mass is 10.2. The second-order valence-electron chi connectivity index (χ2n) is 6.10. The second kappa shape index (κ2) is 9.47. The molecule has 0 aliphatic heterocycles. The van der Waals surface area contributed by atoms with Crippen molar-refractivity contribution in [3.05, 3.63) is 42.1 Å². The summed E-state index contributed by atoms with van der Waals surface area (Å²) in [4.78, 5) is 25.5. The summed E-state index contributed by atoms with van der Waals surface area (Å²) >= 11 is 0. The van der Waals surface area contributed by atoms with Crippen LogP contribution in [0.25, 0.3) is 0 Å². The molecule has 2 amide bonds. The first kappa shape index (κ1) is 19.3. The topological polar surface area (TPSA) is 99.2 Å². The number of anilines is 3. The Kier molecular flexibility index (Phi) is 7.04. The molecule has 0 bridgehead atoms. The summed E-state index contributed by atoms with van der Waals surface area (Å²) in [5, 5.41) is 16.6. The van der Waals surface area contributed by atoms with E-state index in [1.165, 1.54) is 6.92 Å². The molecule has 0 atom stereocenters. The van der Waals surface area contributed by atoms with Crippen molar-refractivity contribution in [3.8, 4) is 0 Å². The molecule has 0 saturated heterocycles. The minimum atomic E-state index is -0.364. The quantitative estimate of drug-likeness (QED) is 0.626. The molecular weight excluding hydrogens is 332 g/mol. The predicted octanol–water partition coefficient (Wildman–Crippen LogP) is 2.05. The molecule has 1 aromatic heterocycles. The van der Waals surface area contributed by atoms with Gasteiger partial charge in [-0.05, 0) is 57.4 Å². The Labute approximate surface area is 153 Å². The van der Waals surface area contributed by atoms with E-state index >= 15 is 0 Å². The van der Waals surface area contributed by atoms with Crippen molar-refractivity contribution in [2.24, 2.45) is 0 Å². The normalized spacial score (nSPS) is 10.5. The number of hydrogen-bond acceptors (Lipinski definition) is 6. The third-order valence-electron chi connectivity index (χ3n) is 3.43. The number of aromatic nitrogens is 2. The fourth-order valence-corrected chi connectivity index (χ4v) is 2.23. The Balaban J connectivity index is 1.90. The van der Waals surface area contributed by atoms with Gasteiger partial charge in [0.2, 0.25) is 5.91 Å². The zero-order valence-corrected chi connectivity index (χ0v) is 15.2. The molecule has 8 nitrogen and oxygen atoms in total. The minimum absolute atomic E-state index is 0.173. The van der Waals surface area contributed by atoms with E-state index in [9.17, 15) is 9.59 Å². The van der Waals surface area contributed by atoms with Crippen LogP contribution in [0.2, 0.25) is 0 Å². The van der Waals surface area contributed by atoms with Crippen molar-refractivity contribution in [3.63, 3.8) is 0 Å². The zero-order chi connectivity index (χ0) is 18.9. The molecule has 1 heterocycles. The number of carbonyl (C=O) groups is 2. The van der Waals surface area contributed by atoms with Gasteiger partial charge in [0.15, 0.2) is 5.69 Å². The maximum absolute atomic E-state index is 12.3. The highest BCUT2D eigenvalue weighted by atomic mass is 16.2. The second-order valence-corrected chi connectivity index (χ2v) is 6.10. The summed E-state index contributed by atoms with van der Waals surface area (Å²) in [6.45, 7) is 3.20. The SMILES string of the molecule is CC(=O)Nc1cccc(NC(=O)c2ccc(NCCCN(C)C)nn2)c1. The van der Waals surface area contributed by atoms with E-state index in [0.29, 0.717) is 17.2 Å². The van der Waals surface area contributed by atoms with Crippen LogP contribution in [0.15, 0.2) is 36.4 Å². The van der Waals surface area contributed by atoms with Gasteiger partial charge in [-0.1, -0.05) is 6.07 Å². The third-order valence-corrected chi connectivity index (χ3v) is 3.43. The lowest BCUT2D eigenvalue weighted by Gasteiger charge is -2.10. The molecule has 0 spiro atoms. The molecule has 0 aliphatic rings. The van der Waals surface area contributed by atoms with Gasteiger partial charge in [0.05, 0.1) is 0 Å². The van der Waals surface area contributed by atoms with Crippen molar-refractivity contribution in [1.29, 1.82) is 0 Å². The molecule has 1 aromatic carbocycles. The van der Waals surface area contributed by atoms with Crippen molar-refractivity contribution >= 4 is 29.0 Å². The summed E-state index contributed by atoms with van der Waals surface area (Å²) in [5.41, 5.74) is 1.39. The number of hydrogen-bond donors (Lipinski definition) is 3. The van der Waals surface area contributed by atoms with Crippen LogP contribution in [-0.2, 0) is 4.79 Å². The average molecular weight is 356 g/mol. The number of nitrogens with one attached hydrogen (secondary N) is 3. The molecule has 0 saturated carbocycles. The first-order valence-electron chi connectivity index (χ1n) is 8.35. The molecule has 8 heteroatoms. The van der Waals surface area contributed by atoms with Gasteiger partial charge in [0, 0.05) is 24.8 Å². The molecule has 3 N–H and O–H groups in total. The highest BCUT2D eigenvalue weighted by Gasteiger charge is 2.09. The van der Waals surface area contributed by atoms with E-state index in [2.05, 4.69) is 31.0 Å². The summed E-state index contributed by atoms with van der Waals surface area (Å²) in [6, 6.07) is 10.2. The molecule has 138 valence electrons. The fraction of sp³-hybridized carbons (Fsp3) is 0.333. The largest absolute Gasteiger partial charge is 0.369 e. The van der Waals surface area contributed by atoms with Crippen LogP contribution < -0.4 is 16.0 Å². The molecule has 0 radical (unpaired) electrons. The van der Waals surface area contributed by atoms with Crippen molar-refractivity contribution < 1.29 is 9.59 Å². The number of nitrogens with zero attached hydrogens (tertiary/aromatic N) is 3. The third kappa shape index (κ3) is 6.48. The monoisotopic (exact) mass is 356 g/mol. The lowest BCUT2D eigenvalue weighted by Crippen LogP contribution is -2.17. The first-order valence-corrected chi connectivity index (χ1v) is 8.35. The maximum atomic E-state index is 12.3. The molecule has 2 rings (SSSR count). The van der Waals surface area contributed by atoms with Gasteiger partial charge in [-0.3, -0.25) is 9.59 Å². The lowest BCUT2D eigenvalue weighted by molar-refractivity contribution is -0.114. The molecule has 0 aliphatic carbocycles. The minimum Gasteiger partial charge on any atom is -0.369 e.